The fraction of sp³-hybridized carbons (Fsp3) is 0.593. The number of thiol groups is 1. The lowest BCUT2D eigenvalue weighted by Gasteiger charge is -2.28. The fourth-order valence-corrected chi connectivity index (χ4v) is 8.52. The first-order chi connectivity index (χ1) is 41.3. The molecule has 490 valence electrons. The Hall–Kier alpha value is -8.63. The van der Waals surface area contributed by atoms with Gasteiger partial charge in [-0.3, -0.25) is 57.9 Å². The number of aliphatic hydroxyl groups is 2. The molecule has 0 radical (unpaired) electrons. The summed E-state index contributed by atoms with van der Waals surface area (Å²) in [6.07, 6.45) is -0.376. The molecule has 33 nitrogen and oxygen atoms in total. The van der Waals surface area contributed by atoms with E-state index < -0.39 is 150 Å². The van der Waals surface area contributed by atoms with E-state index in [-0.39, 0.29) is 81.6 Å². The van der Waals surface area contributed by atoms with Crippen molar-refractivity contribution in [3.05, 3.63) is 54.1 Å². The second-order valence-corrected chi connectivity index (χ2v) is 22.0. The minimum atomic E-state index is -1.66. The van der Waals surface area contributed by atoms with Crippen LogP contribution in [0, 0.1) is 11.8 Å². The predicted octanol–water partition coefficient (Wildman–Crippen LogP) is -6.39. The highest BCUT2D eigenvalue weighted by molar-refractivity contribution is 7.80. The average Bonchev–Trinajstić information content (AvgIpc) is 3.70. The zero-order valence-corrected chi connectivity index (χ0v) is 51.3. The fourth-order valence-electron chi connectivity index (χ4n) is 8.26. The van der Waals surface area contributed by atoms with Crippen molar-refractivity contribution in [2.45, 2.75) is 166 Å². The normalized spacial score (nSPS) is 15.2. The molecule has 2 rings (SSSR count). The maximum Gasteiger partial charge on any atom is 0.326 e. The SMILES string of the molecule is CC(C)C[C@H](NC(=O)CNC(=O)[C@H](CCCN=C(N)N)NC(=O)[C@H](Cc1cnc[nH]1)NC(=O)[C@H](C)NC(=O)[C@@H](NC(=O)[C@H](CCCN=C(N)N)NC(=O)[C@H](CS)NC(=O)[C@@H](N)[C@@H](C)O)C(C)C)C(=O)N[C@H](C(=O)N[C@@H](Cc1ccccc1)C(=O)O)[C@@H](C)O. The maximum absolute atomic E-state index is 14.3. The number of nitrogens with two attached hydrogens (primary N) is 5. The number of H-pyrrole nitrogens is 1. The van der Waals surface area contributed by atoms with Gasteiger partial charge in [-0.1, -0.05) is 58.0 Å². The van der Waals surface area contributed by atoms with E-state index in [0.29, 0.717) is 11.3 Å². The van der Waals surface area contributed by atoms with Crippen LogP contribution in [0.5, 0.6) is 0 Å². The molecule has 0 aliphatic heterocycles. The van der Waals surface area contributed by atoms with Crippen LogP contribution in [0.15, 0.2) is 52.8 Å². The number of aliphatic carboxylic acids is 1. The summed E-state index contributed by atoms with van der Waals surface area (Å²) in [6, 6.07) is -5.65. The van der Waals surface area contributed by atoms with Gasteiger partial charge in [0.15, 0.2) is 11.9 Å². The zero-order valence-electron chi connectivity index (χ0n) is 50.4. The summed E-state index contributed by atoms with van der Waals surface area (Å²) in [6.45, 7) is 9.75. The molecule has 2 aromatic rings. The second-order valence-electron chi connectivity index (χ2n) is 21.6. The third kappa shape index (κ3) is 27.8. The number of hydrogen-bond donors (Lipinski definition) is 20. The third-order valence-corrected chi connectivity index (χ3v) is 13.5. The van der Waals surface area contributed by atoms with Crippen LogP contribution in [0.4, 0.5) is 0 Å². The molecule has 12 atom stereocenters. The number of rotatable bonds is 39. The second kappa shape index (κ2) is 38.5. The maximum atomic E-state index is 14.3. The molecule has 0 saturated heterocycles. The Morgan fingerprint density at radius 3 is 1.57 bits per heavy atom. The van der Waals surface area contributed by atoms with Crippen molar-refractivity contribution >= 4 is 89.6 Å². The number of carbonyl (C=O) groups is 11. The van der Waals surface area contributed by atoms with E-state index in [9.17, 15) is 68.1 Å². The largest absolute Gasteiger partial charge is 0.480 e. The van der Waals surface area contributed by atoms with Crippen LogP contribution >= 0.6 is 12.6 Å². The van der Waals surface area contributed by atoms with Crippen molar-refractivity contribution in [1.29, 1.82) is 0 Å². The van der Waals surface area contributed by atoms with Gasteiger partial charge in [-0.05, 0) is 70.3 Å². The van der Waals surface area contributed by atoms with Gasteiger partial charge in [-0.25, -0.2) is 9.78 Å². The first-order valence-electron chi connectivity index (χ1n) is 28.4. The van der Waals surface area contributed by atoms with Gasteiger partial charge in [0.1, 0.15) is 60.4 Å². The van der Waals surface area contributed by atoms with E-state index in [1.54, 1.807) is 58.0 Å². The monoisotopic (exact) mass is 1260 g/mol. The highest BCUT2D eigenvalue weighted by Gasteiger charge is 2.36. The lowest BCUT2D eigenvalue weighted by molar-refractivity contribution is -0.143. The number of imidazole rings is 1. The molecule has 0 spiro atoms. The Bertz CT molecular complexity index is 2690. The first-order valence-corrected chi connectivity index (χ1v) is 29.1. The molecule has 0 saturated carbocycles. The van der Waals surface area contributed by atoms with Crippen LogP contribution in [0.25, 0.3) is 0 Å². The molecular weight excluding hydrogens is 1170 g/mol. The summed E-state index contributed by atoms with van der Waals surface area (Å²) < 4.78 is 0. The molecule has 1 aromatic heterocycles. The number of aromatic amines is 1. The summed E-state index contributed by atoms with van der Waals surface area (Å²) >= 11 is 4.14. The lowest BCUT2D eigenvalue weighted by Crippen LogP contribution is -2.61. The van der Waals surface area contributed by atoms with Crippen molar-refractivity contribution < 1.29 is 68.1 Å². The van der Waals surface area contributed by atoms with Crippen LogP contribution in [-0.2, 0) is 65.6 Å². The number of guanidine groups is 2. The van der Waals surface area contributed by atoms with E-state index >= 15 is 0 Å². The number of aliphatic hydroxyl groups excluding tert-OH is 2. The number of carboxylic acid groups (broad SMARTS) is 1. The number of amides is 10. The number of carbonyl (C=O) groups excluding carboxylic acids is 10. The van der Waals surface area contributed by atoms with E-state index in [2.05, 4.69) is 85.7 Å². The van der Waals surface area contributed by atoms with Crippen LogP contribution in [-0.4, -0.2) is 200 Å². The van der Waals surface area contributed by atoms with Crippen LogP contribution < -0.4 is 81.8 Å². The quantitative estimate of drug-likeness (QED) is 0.0128. The van der Waals surface area contributed by atoms with Crippen LogP contribution in [0.3, 0.4) is 0 Å². The number of aliphatic imine (C=N–C) groups is 2. The first kappa shape index (κ1) is 75.5. The molecule has 34 heteroatoms. The molecule has 0 bridgehead atoms. The highest BCUT2D eigenvalue weighted by atomic mass is 32.1. The number of nitrogens with one attached hydrogen (secondary N) is 11. The summed E-state index contributed by atoms with van der Waals surface area (Å²) in [4.78, 5) is 163. The van der Waals surface area contributed by atoms with Crippen LogP contribution in [0.2, 0.25) is 0 Å². The van der Waals surface area contributed by atoms with Gasteiger partial charge in [0, 0.05) is 43.6 Å². The average molecular weight is 1260 g/mol. The van der Waals surface area contributed by atoms with Crippen molar-refractivity contribution in [1.82, 2.24) is 63.1 Å². The summed E-state index contributed by atoms with van der Waals surface area (Å²) in [5.74, 6) is -11.9. The van der Waals surface area contributed by atoms with Crippen molar-refractivity contribution in [2.75, 3.05) is 25.4 Å². The van der Waals surface area contributed by atoms with Gasteiger partial charge in [0.2, 0.25) is 59.1 Å². The Morgan fingerprint density at radius 1 is 0.568 bits per heavy atom. The zero-order chi connectivity index (χ0) is 66.4. The smallest absolute Gasteiger partial charge is 0.326 e. The Balaban J connectivity index is 2.31. The van der Waals surface area contributed by atoms with Gasteiger partial charge in [0.25, 0.3) is 0 Å². The summed E-state index contributed by atoms with van der Waals surface area (Å²) in [5, 5.41) is 55.1. The predicted molar refractivity (Wildman–Crippen MR) is 325 cm³/mol. The lowest BCUT2D eigenvalue weighted by atomic mass is 10.0. The number of hydrogen-bond acceptors (Lipinski definition) is 18. The molecule has 10 amide bonds. The van der Waals surface area contributed by atoms with Gasteiger partial charge in [0.05, 0.1) is 25.1 Å². The Kier molecular flexibility index (Phi) is 33.0. The minimum absolute atomic E-state index is 0.000677. The highest BCUT2D eigenvalue weighted by Crippen LogP contribution is 2.11. The van der Waals surface area contributed by atoms with Crippen LogP contribution in [0.1, 0.15) is 91.8 Å². The van der Waals surface area contributed by atoms with Crippen molar-refractivity contribution in [3.63, 3.8) is 0 Å². The molecule has 0 unspecified atom stereocenters. The molecule has 0 aliphatic rings. The number of carboxylic acids is 1. The third-order valence-electron chi connectivity index (χ3n) is 13.1. The van der Waals surface area contributed by atoms with Crippen molar-refractivity contribution in [3.8, 4) is 0 Å². The summed E-state index contributed by atoms with van der Waals surface area (Å²) in [7, 11) is 0. The van der Waals surface area contributed by atoms with E-state index in [1.807, 2.05) is 0 Å². The van der Waals surface area contributed by atoms with E-state index in [1.165, 1.54) is 33.3 Å². The molecular formula is C54H89N19O14S. The molecule has 24 N–H and O–H groups in total. The Morgan fingerprint density at radius 2 is 1.07 bits per heavy atom. The van der Waals surface area contributed by atoms with Gasteiger partial charge in [-0.2, -0.15) is 12.6 Å². The van der Waals surface area contributed by atoms with E-state index in [0.717, 1.165) is 0 Å². The van der Waals surface area contributed by atoms with E-state index in [4.69, 9.17) is 28.7 Å². The van der Waals surface area contributed by atoms with Gasteiger partial charge >= 0.3 is 5.97 Å². The van der Waals surface area contributed by atoms with Gasteiger partial charge in [-0.15, -0.1) is 0 Å². The topological polar surface area (TPSA) is 552 Å². The Labute approximate surface area is 515 Å². The summed E-state index contributed by atoms with van der Waals surface area (Å²) in [5.41, 5.74) is 28.6. The molecule has 1 heterocycles. The van der Waals surface area contributed by atoms with Gasteiger partial charge < -0.3 is 102 Å². The molecule has 88 heavy (non-hydrogen) atoms. The molecule has 1 aromatic carbocycles. The number of aromatic nitrogens is 2. The minimum Gasteiger partial charge on any atom is -0.480 e. The number of nitrogens with zero attached hydrogens (tertiary/aromatic N) is 3. The van der Waals surface area contributed by atoms with Crippen molar-refractivity contribution in [2.24, 2.45) is 50.5 Å². The molecule has 0 aliphatic carbocycles. The molecule has 0 fully saturated rings. The number of benzene rings is 1. The standard InChI is InChI=1S/C54H89N19O14S/c1-26(2)19-35(47(81)73-42(30(7)75)51(85)70-37(52(86)87)20-31-13-9-8-10-14-31)66-39(76)23-63-44(78)33(15-11-17-61-53(56)57)67-46(80)36(21-32-22-60-25-64-32)69-43(77)28(5)65-50(84)41(27(3)4)72-45(79)34(16-12-18-62-54(58)59)68-48(82)38(24-88)71-49(83)40(55)29(6)74/h8-10,13-14,22,25-30,33-38,40-42,74-75,88H,11-12,15-21,23-24,55H2,1-7H3,(H,60,64)(H,63,78)(H,65,84)(H,66,76)(H,67,80)(H,68,82)(H,69,77)(H,70,85)(H,71,83)(H,72,79)(H,73,81)(H,86,87)(H4,56,57,61)(H4,58,59,62)/t28-,29+,30+,33-,34-,35-,36-,37-,38-,40-,41-,42-/m0/s1.